The van der Waals surface area contributed by atoms with Gasteiger partial charge in [-0.15, -0.1) is 0 Å². The molecule has 1 saturated heterocycles. The number of ether oxygens (including phenoxy) is 2. The van der Waals surface area contributed by atoms with Crippen LogP contribution in [0.1, 0.15) is 5.56 Å². The molecule has 1 heterocycles. The lowest BCUT2D eigenvalue weighted by Crippen LogP contribution is -2.47. The van der Waals surface area contributed by atoms with E-state index in [-0.39, 0.29) is 4.99 Å². The van der Waals surface area contributed by atoms with Crippen LogP contribution in [0.5, 0.6) is 0 Å². The number of carbonyl (C=O) groups excluding carboxylic acids is 1. The van der Waals surface area contributed by atoms with E-state index in [0.29, 0.717) is 24.7 Å². The van der Waals surface area contributed by atoms with E-state index >= 15 is 0 Å². The Hall–Kier alpha value is -1.37. The summed E-state index contributed by atoms with van der Waals surface area (Å²) in [4.78, 5) is 13.8. The van der Waals surface area contributed by atoms with Gasteiger partial charge in [-0.25, -0.2) is 4.79 Å². The second-order valence-electron chi connectivity index (χ2n) is 4.35. The van der Waals surface area contributed by atoms with Gasteiger partial charge >= 0.3 is 5.97 Å². The Morgan fingerprint density at radius 1 is 1.60 bits per heavy atom. The summed E-state index contributed by atoms with van der Waals surface area (Å²) in [5.74, 6) is -0.395. The fraction of sp³-hybridized carbons (Fsp3) is 0.385. The number of rotatable bonds is 3. The standard InChI is InChI=1S/C13H15ClN2O3S/c1-18-13(17)11-7-16(4-5-19-11)10-6-8(14)2-3-9(10)12(15)20/h2-3,6,11H,4-5,7H2,1H3,(H2,15,20). The molecule has 1 atom stereocenters. The monoisotopic (exact) mass is 314 g/mol. The van der Waals surface area contributed by atoms with Gasteiger partial charge in [-0.2, -0.15) is 0 Å². The number of thiocarbonyl (C=S) groups is 1. The van der Waals surface area contributed by atoms with Crippen LogP contribution in [0.2, 0.25) is 5.02 Å². The lowest BCUT2D eigenvalue weighted by Gasteiger charge is -2.34. The van der Waals surface area contributed by atoms with Gasteiger partial charge in [0.05, 0.1) is 20.3 Å². The third-order valence-electron chi connectivity index (χ3n) is 3.10. The lowest BCUT2D eigenvalue weighted by molar-refractivity contribution is -0.154. The van der Waals surface area contributed by atoms with Crippen LogP contribution in [0.4, 0.5) is 5.69 Å². The number of benzene rings is 1. The number of nitrogens with zero attached hydrogens (tertiary/aromatic N) is 1. The first-order chi connectivity index (χ1) is 9.52. The number of methoxy groups -OCH3 is 1. The van der Waals surface area contributed by atoms with Gasteiger partial charge < -0.3 is 20.1 Å². The highest BCUT2D eigenvalue weighted by molar-refractivity contribution is 7.80. The molecule has 108 valence electrons. The molecule has 1 aliphatic heterocycles. The summed E-state index contributed by atoms with van der Waals surface area (Å²) in [6.45, 7) is 1.43. The van der Waals surface area contributed by atoms with Crippen molar-refractivity contribution in [1.29, 1.82) is 0 Å². The molecule has 0 bridgehead atoms. The van der Waals surface area contributed by atoms with Crippen molar-refractivity contribution in [2.75, 3.05) is 31.7 Å². The molecule has 1 aliphatic rings. The Kier molecular flexibility index (Phi) is 4.80. The first-order valence-electron chi connectivity index (χ1n) is 6.06. The molecule has 1 aromatic carbocycles. The highest BCUT2D eigenvalue weighted by Crippen LogP contribution is 2.26. The van der Waals surface area contributed by atoms with E-state index in [4.69, 9.17) is 39.0 Å². The van der Waals surface area contributed by atoms with Crippen molar-refractivity contribution in [3.63, 3.8) is 0 Å². The van der Waals surface area contributed by atoms with Gasteiger partial charge in [0.1, 0.15) is 4.99 Å². The predicted octanol–water partition coefficient (Wildman–Crippen LogP) is 1.35. The van der Waals surface area contributed by atoms with Crippen LogP contribution < -0.4 is 10.6 Å². The molecule has 2 N–H and O–H groups in total. The van der Waals surface area contributed by atoms with E-state index in [9.17, 15) is 4.79 Å². The maximum Gasteiger partial charge on any atom is 0.336 e. The normalized spacial score (nSPS) is 18.7. The van der Waals surface area contributed by atoms with E-state index < -0.39 is 12.1 Å². The molecule has 1 aromatic rings. The van der Waals surface area contributed by atoms with Crippen molar-refractivity contribution in [2.45, 2.75) is 6.10 Å². The van der Waals surface area contributed by atoms with E-state index in [2.05, 4.69) is 0 Å². The highest BCUT2D eigenvalue weighted by atomic mass is 35.5. The summed E-state index contributed by atoms with van der Waals surface area (Å²) in [6.07, 6.45) is -0.619. The fourth-order valence-corrected chi connectivity index (χ4v) is 2.46. The second-order valence-corrected chi connectivity index (χ2v) is 5.23. The summed E-state index contributed by atoms with van der Waals surface area (Å²) in [6, 6.07) is 5.30. The molecule has 0 radical (unpaired) electrons. The molecule has 0 spiro atoms. The van der Waals surface area contributed by atoms with Gasteiger partial charge in [-0.05, 0) is 18.2 Å². The number of hydrogen-bond donors (Lipinski definition) is 1. The number of carbonyl (C=O) groups is 1. The van der Waals surface area contributed by atoms with Gasteiger partial charge in [0.25, 0.3) is 0 Å². The van der Waals surface area contributed by atoms with Crippen LogP contribution in [0.15, 0.2) is 18.2 Å². The number of nitrogens with two attached hydrogens (primary N) is 1. The van der Waals surface area contributed by atoms with Crippen molar-refractivity contribution in [3.05, 3.63) is 28.8 Å². The minimum Gasteiger partial charge on any atom is -0.467 e. The maximum atomic E-state index is 11.6. The number of hydrogen-bond acceptors (Lipinski definition) is 5. The molecule has 0 amide bonds. The Bertz CT molecular complexity index is 538. The zero-order valence-electron chi connectivity index (χ0n) is 11.0. The van der Waals surface area contributed by atoms with Crippen molar-refractivity contribution in [2.24, 2.45) is 5.73 Å². The second kappa shape index (κ2) is 6.39. The van der Waals surface area contributed by atoms with Crippen molar-refractivity contribution >= 4 is 40.5 Å². The van der Waals surface area contributed by atoms with Crippen LogP contribution in [0, 0.1) is 0 Å². The van der Waals surface area contributed by atoms with Crippen LogP contribution in [0.25, 0.3) is 0 Å². The highest BCUT2D eigenvalue weighted by Gasteiger charge is 2.28. The molecule has 20 heavy (non-hydrogen) atoms. The van der Waals surface area contributed by atoms with E-state index in [1.54, 1.807) is 18.2 Å². The lowest BCUT2D eigenvalue weighted by atomic mass is 10.1. The van der Waals surface area contributed by atoms with Gasteiger partial charge in [0.15, 0.2) is 6.10 Å². The molecule has 1 fully saturated rings. The van der Waals surface area contributed by atoms with Gasteiger partial charge in [-0.3, -0.25) is 0 Å². The molecular weight excluding hydrogens is 300 g/mol. The summed E-state index contributed by atoms with van der Waals surface area (Å²) in [5, 5.41) is 0.584. The van der Waals surface area contributed by atoms with Crippen molar-refractivity contribution < 1.29 is 14.3 Å². The third-order valence-corrected chi connectivity index (χ3v) is 3.55. The molecule has 5 nitrogen and oxygen atoms in total. The molecular formula is C13H15ClN2O3S. The number of morpholine rings is 1. The first-order valence-corrected chi connectivity index (χ1v) is 6.85. The summed E-state index contributed by atoms with van der Waals surface area (Å²) < 4.78 is 10.1. The number of esters is 1. The van der Waals surface area contributed by atoms with Crippen LogP contribution >= 0.6 is 23.8 Å². The third kappa shape index (κ3) is 3.20. The van der Waals surface area contributed by atoms with Gasteiger partial charge in [0.2, 0.25) is 0 Å². The fourth-order valence-electron chi connectivity index (χ4n) is 2.12. The van der Waals surface area contributed by atoms with Crippen LogP contribution in [-0.2, 0) is 14.3 Å². The molecule has 0 saturated carbocycles. The van der Waals surface area contributed by atoms with Gasteiger partial charge in [-0.1, -0.05) is 23.8 Å². The largest absolute Gasteiger partial charge is 0.467 e. The summed E-state index contributed by atoms with van der Waals surface area (Å²) >= 11 is 11.1. The van der Waals surface area contributed by atoms with E-state index in [0.717, 1.165) is 11.3 Å². The maximum absolute atomic E-state index is 11.6. The van der Waals surface area contributed by atoms with Crippen LogP contribution in [0.3, 0.4) is 0 Å². The number of anilines is 1. The smallest absolute Gasteiger partial charge is 0.336 e. The molecule has 1 unspecified atom stereocenters. The number of halogens is 1. The Balaban J connectivity index is 2.28. The van der Waals surface area contributed by atoms with Crippen molar-refractivity contribution in [3.8, 4) is 0 Å². The van der Waals surface area contributed by atoms with E-state index in [1.807, 2.05) is 4.90 Å². The van der Waals surface area contributed by atoms with Gasteiger partial charge in [0, 0.05) is 22.8 Å². The summed E-state index contributed by atoms with van der Waals surface area (Å²) in [5.41, 5.74) is 7.27. The SMILES string of the molecule is COC(=O)C1CN(c2cc(Cl)ccc2C(N)=S)CCO1. The van der Waals surface area contributed by atoms with E-state index in [1.165, 1.54) is 7.11 Å². The molecule has 0 aliphatic carbocycles. The Morgan fingerprint density at radius 2 is 2.35 bits per heavy atom. The average molecular weight is 315 g/mol. The zero-order chi connectivity index (χ0) is 14.7. The average Bonchev–Trinajstić information content (AvgIpc) is 2.46. The summed E-state index contributed by atoms with van der Waals surface area (Å²) in [7, 11) is 1.34. The zero-order valence-corrected chi connectivity index (χ0v) is 12.5. The van der Waals surface area contributed by atoms with Crippen molar-refractivity contribution in [1.82, 2.24) is 0 Å². The topological polar surface area (TPSA) is 64.8 Å². The minimum absolute atomic E-state index is 0.290. The Morgan fingerprint density at radius 3 is 3.00 bits per heavy atom. The molecule has 0 aromatic heterocycles. The van der Waals surface area contributed by atoms with Crippen LogP contribution in [-0.4, -0.2) is 43.9 Å². The molecule has 2 rings (SSSR count). The first kappa shape index (κ1) is 15.0. The molecule has 7 heteroatoms. The Labute approximate surface area is 127 Å². The minimum atomic E-state index is -0.619. The quantitative estimate of drug-likeness (QED) is 0.671. The predicted molar refractivity (Wildman–Crippen MR) is 81.3 cm³/mol.